The molecule has 1 aliphatic heterocycles. The van der Waals surface area contributed by atoms with E-state index < -0.39 is 8.07 Å². The molecule has 8 rings (SSSR count). The monoisotopic (exact) mass is 515 g/mol. The first-order chi connectivity index (χ1) is 19.4. The predicted molar refractivity (Wildman–Crippen MR) is 164 cm³/mol. The second-order valence-electron chi connectivity index (χ2n) is 10.1. The lowest BCUT2D eigenvalue weighted by Crippen LogP contribution is -2.76. The molecule has 39 heavy (non-hydrogen) atoms. The third-order valence-electron chi connectivity index (χ3n) is 8.13. The van der Waals surface area contributed by atoms with Gasteiger partial charge in [0.1, 0.15) is 11.5 Å². The van der Waals surface area contributed by atoms with E-state index >= 15 is 0 Å². The molecule has 0 saturated carbocycles. The summed E-state index contributed by atoms with van der Waals surface area (Å²) in [5.41, 5.74) is 3.49. The van der Waals surface area contributed by atoms with Gasteiger partial charge in [-0.05, 0) is 51.1 Å². The highest BCUT2D eigenvalue weighted by molar-refractivity contribution is 7.20. The number of fused-ring (bicyclic) bond motifs is 6. The van der Waals surface area contributed by atoms with E-state index in [0.717, 1.165) is 22.7 Å². The SMILES string of the molecule is c1ccc(-n2c3ccccc3c3c4c(ccc32)[Si](c2ccccc2)(c2ccccc2)c2ccccc2O4)cc1. The molecule has 1 aromatic heterocycles. The molecule has 7 aromatic rings. The first kappa shape index (κ1) is 22.2. The molecular formula is C36H25NOSi. The first-order valence-corrected chi connectivity index (χ1v) is 15.4. The van der Waals surface area contributed by atoms with Crippen LogP contribution in [0.1, 0.15) is 0 Å². The van der Waals surface area contributed by atoms with Gasteiger partial charge < -0.3 is 9.30 Å². The van der Waals surface area contributed by atoms with Crippen LogP contribution in [0, 0.1) is 0 Å². The van der Waals surface area contributed by atoms with Crippen LogP contribution in [0.15, 0.2) is 152 Å². The summed E-state index contributed by atoms with van der Waals surface area (Å²) in [7, 11) is -2.69. The van der Waals surface area contributed by atoms with E-state index in [1.54, 1.807) is 0 Å². The number of ether oxygens (including phenoxy) is 1. The minimum Gasteiger partial charge on any atom is -0.457 e. The summed E-state index contributed by atoms with van der Waals surface area (Å²) in [6.45, 7) is 0. The molecule has 184 valence electrons. The smallest absolute Gasteiger partial charge is 0.188 e. The molecule has 0 aliphatic carbocycles. The van der Waals surface area contributed by atoms with Crippen molar-refractivity contribution in [3.8, 4) is 17.2 Å². The van der Waals surface area contributed by atoms with Crippen molar-refractivity contribution in [3.63, 3.8) is 0 Å². The Hall–Kier alpha value is -4.86. The molecule has 0 amide bonds. The zero-order chi connectivity index (χ0) is 25.8. The molecule has 0 bridgehead atoms. The van der Waals surface area contributed by atoms with Crippen LogP contribution in [-0.2, 0) is 0 Å². The van der Waals surface area contributed by atoms with Gasteiger partial charge in [0.2, 0.25) is 0 Å². The van der Waals surface area contributed by atoms with Crippen LogP contribution in [0.3, 0.4) is 0 Å². The van der Waals surface area contributed by atoms with Gasteiger partial charge in [-0.2, -0.15) is 0 Å². The highest BCUT2D eigenvalue weighted by Crippen LogP contribution is 2.41. The minimum atomic E-state index is -2.69. The molecule has 0 radical (unpaired) electrons. The van der Waals surface area contributed by atoms with Crippen LogP contribution in [0.5, 0.6) is 11.5 Å². The van der Waals surface area contributed by atoms with Crippen molar-refractivity contribution in [2.45, 2.75) is 0 Å². The Kier molecular flexibility index (Phi) is 4.88. The standard InChI is InChI=1S/C36H25NOSi/c1-4-14-26(15-5-1)37-30-21-11-10-20-29(30)35-31(37)24-25-34-36(35)38-32-22-12-13-23-33(32)39(34,27-16-6-2-7-17-27)28-18-8-3-9-19-28/h1-25H. The van der Waals surface area contributed by atoms with E-state index in [0.29, 0.717) is 0 Å². The van der Waals surface area contributed by atoms with E-state index in [2.05, 4.69) is 156 Å². The summed E-state index contributed by atoms with van der Waals surface area (Å²) in [6, 6.07) is 54.8. The second-order valence-corrected chi connectivity index (χ2v) is 13.8. The van der Waals surface area contributed by atoms with Crippen molar-refractivity contribution in [1.29, 1.82) is 0 Å². The van der Waals surface area contributed by atoms with Crippen molar-refractivity contribution in [3.05, 3.63) is 152 Å². The van der Waals surface area contributed by atoms with Crippen LogP contribution < -0.4 is 25.5 Å². The van der Waals surface area contributed by atoms with Gasteiger partial charge in [0.15, 0.2) is 8.07 Å². The topological polar surface area (TPSA) is 14.2 Å². The van der Waals surface area contributed by atoms with E-state index in [4.69, 9.17) is 4.74 Å². The third-order valence-corrected chi connectivity index (χ3v) is 12.9. The average Bonchev–Trinajstić information content (AvgIpc) is 3.36. The highest BCUT2D eigenvalue weighted by Gasteiger charge is 2.48. The fourth-order valence-corrected chi connectivity index (χ4v) is 11.5. The van der Waals surface area contributed by atoms with Crippen molar-refractivity contribution in [1.82, 2.24) is 4.57 Å². The predicted octanol–water partition coefficient (Wildman–Crippen LogP) is 6.27. The lowest BCUT2D eigenvalue weighted by atomic mass is 10.1. The summed E-state index contributed by atoms with van der Waals surface area (Å²) in [5.74, 6) is 1.94. The Morgan fingerprint density at radius 1 is 0.462 bits per heavy atom. The molecule has 1 aliphatic rings. The number of hydrogen-bond donors (Lipinski definition) is 0. The summed E-state index contributed by atoms with van der Waals surface area (Å²) < 4.78 is 9.33. The molecule has 6 aromatic carbocycles. The molecular weight excluding hydrogens is 490 g/mol. The number of hydrogen-bond acceptors (Lipinski definition) is 1. The molecule has 0 saturated heterocycles. The van der Waals surface area contributed by atoms with Gasteiger partial charge in [0, 0.05) is 11.1 Å². The Balaban J connectivity index is 1.57. The Labute approximate surface area is 228 Å². The van der Waals surface area contributed by atoms with Crippen LogP contribution >= 0.6 is 0 Å². The first-order valence-electron chi connectivity index (χ1n) is 13.4. The zero-order valence-corrected chi connectivity index (χ0v) is 22.3. The van der Waals surface area contributed by atoms with E-state index in [-0.39, 0.29) is 0 Å². The lowest BCUT2D eigenvalue weighted by molar-refractivity contribution is 0.493. The maximum Gasteiger partial charge on any atom is 0.188 e. The van der Waals surface area contributed by atoms with E-state index in [9.17, 15) is 0 Å². The van der Waals surface area contributed by atoms with Gasteiger partial charge in [-0.1, -0.05) is 121 Å². The molecule has 2 nitrogen and oxygen atoms in total. The average molecular weight is 516 g/mol. The quantitative estimate of drug-likeness (QED) is 0.253. The maximum atomic E-state index is 6.97. The van der Waals surface area contributed by atoms with Crippen molar-refractivity contribution < 1.29 is 4.74 Å². The van der Waals surface area contributed by atoms with Crippen molar-refractivity contribution >= 4 is 50.6 Å². The van der Waals surface area contributed by atoms with Crippen molar-refractivity contribution in [2.75, 3.05) is 0 Å². The van der Waals surface area contributed by atoms with Gasteiger partial charge in [-0.15, -0.1) is 0 Å². The summed E-state index contributed by atoms with van der Waals surface area (Å²) in [4.78, 5) is 0. The van der Waals surface area contributed by atoms with E-state index in [1.807, 2.05) is 0 Å². The molecule has 3 heteroatoms. The van der Waals surface area contributed by atoms with Crippen LogP contribution in [0.25, 0.3) is 27.5 Å². The maximum absolute atomic E-state index is 6.97. The molecule has 0 unspecified atom stereocenters. The van der Waals surface area contributed by atoms with Gasteiger partial charge >= 0.3 is 0 Å². The molecule has 0 atom stereocenters. The minimum absolute atomic E-state index is 0.952. The number of nitrogens with zero attached hydrogens (tertiary/aromatic N) is 1. The Morgan fingerprint density at radius 2 is 1.05 bits per heavy atom. The summed E-state index contributed by atoms with van der Waals surface area (Å²) in [5, 5.41) is 7.68. The zero-order valence-electron chi connectivity index (χ0n) is 21.3. The fourth-order valence-electron chi connectivity index (χ4n) is 6.57. The Bertz CT molecular complexity index is 1940. The molecule has 2 heterocycles. The van der Waals surface area contributed by atoms with Crippen molar-refractivity contribution in [2.24, 2.45) is 0 Å². The Morgan fingerprint density at radius 3 is 1.77 bits per heavy atom. The fraction of sp³-hybridized carbons (Fsp3) is 0. The molecule has 0 fully saturated rings. The number of para-hydroxylation sites is 3. The van der Waals surface area contributed by atoms with Gasteiger partial charge in [0.05, 0.1) is 16.4 Å². The largest absolute Gasteiger partial charge is 0.457 e. The second kappa shape index (κ2) is 8.59. The number of aromatic nitrogens is 1. The van der Waals surface area contributed by atoms with Gasteiger partial charge in [-0.25, -0.2) is 0 Å². The molecule has 0 spiro atoms. The van der Waals surface area contributed by atoms with Crippen LogP contribution in [0.4, 0.5) is 0 Å². The van der Waals surface area contributed by atoms with Gasteiger partial charge in [0.25, 0.3) is 0 Å². The van der Waals surface area contributed by atoms with Crippen LogP contribution in [0.2, 0.25) is 0 Å². The summed E-state index contributed by atoms with van der Waals surface area (Å²) in [6.07, 6.45) is 0. The number of benzene rings is 6. The normalized spacial score (nSPS) is 13.5. The van der Waals surface area contributed by atoms with Crippen LogP contribution in [-0.4, -0.2) is 12.6 Å². The lowest BCUT2D eigenvalue weighted by Gasteiger charge is -2.39. The van der Waals surface area contributed by atoms with E-state index in [1.165, 1.54) is 37.0 Å². The number of rotatable bonds is 3. The summed E-state index contributed by atoms with van der Waals surface area (Å²) >= 11 is 0. The van der Waals surface area contributed by atoms with Gasteiger partial charge in [-0.3, -0.25) is 0 Å². The molecule has 0 N–H and O–H groups in total. The third kappa shape index (κ3) is 3.08. The highest BCUT2D eigenvalue weighted by atomic mass is 28.3.